The summed E-state index contributed by atoms with van der Waals surface area (Å²) < 4.78 is 13.1. The van der Waals surface area contributed by atoms with Gasteiger partial charge in [0.1, 0.15) is 0 Å². The number of aromatic hydroxyl groups is 1. The van der Waals surface area contributed by atoms with Crippen LogP contribution in [0.1, 0.15) is 5.56 Å². The van der Waals surface area contributed by atoms with Crippen LogP contribution in [0.3, 0.4) is 0 Å². The van der Waals surface area contributed by atoms with Gasteiger partial charge in [-0.05, 0) is 29.8 Å². The van der Waals surface area contributed by atoms with Gasteiger partial charge >= 0.3 is 6.03 Å². The first kappa shape index (κ1) is 15.2. The van der Waals surface area contributed by atoms with Crippen LogP contribution in [0.2, 0.25) is 0 Å². The van der Waals surface area contributed by atoms with Crippen LogP contribution in [0.5, 0.6) is 5.75 Å². The number of amides is 2. The second kappa shape index (κ2) is 6.53. The summed E-state index contributed by atoms with van der Waals surface area (Å²) in [6.45, 7) is 0.0655. The van der Waals surface area contributed by atoms with Gasteiger partial charge in [0.05, 0.1) is 4.92 Å². The summed E-state index contributed by atoms with van der Waals surface area (Å²) in [6, 6.07) is 8.58. The number of nitrogens with zero attached hydrogens (tertiary/aromatic N) is 1. The lowest BCUT2D eigenvalue weighted by atomic mass is 10.2. The molecule has 0 atom stereocenters. The molecule has 0 saturated carbocycles. The molecule has 0 radical (unpaired) electrons. The van der Waals surface area contributed by atoms with Crippen LogP contribution in [0, 0.1) is 15.9 Å². The zero-order chi connectivity index (χ0) is 16.1. The Kier molecular flexibility index (Phi) is 4.52. The minimum Gasteiger partial charge on any atom is -0.505 e. The molecular weight excluding hydrogens is 293 g/mol. The summed E-state index contributed by atoms with van der Waals surface area (Å²) in [5.41, 5.74) is 0.791. The van der Waals surface area contributed by atoms with Gasteiger partial charge in [0, 0.05) is 24.4 Å². The molecule has 0 aromatic heterocycles. The topological polar surface area (TPSA) is 104 Å². The molecule has 0 saturated heterocycles. The fraction of sp³-hybridized carbons (Fsp3) is 0.0714. The van der Waals surface area contributed by atoms with Gasteiger partial charge in [-0.1, -0.05) is 6.07 Å². The maximum absolute atomic E-state index is 13.1. The lowest BCUT2D eigenvalue weighted by Gasteiger charge is -2.08. The van der Waals surface area contributed by atoms with E-state index in [0.717, 1.165) is 6.07 Å². The second-order valence-electron chi connectivity index (χ2n) is 4.40. The first-order chi connectivity index (χ1) is 10.5. The third-order valence-corrected chi connectivity index (χ3v) is 2.80. The zero-order valence-electron chi connectivity index (χ0n) is 11.2. The van der Waals surface area contributed by atoms with Crippen molar-refractivity contribution in [3.8, 4) is 5.75 Å². The highest BCUT2D eigenvalue weighted by atomic mass is 19.1. The van der Waals surface area contributed by atoms with Crippen molar-refractivity contribution >= 4 is 17.4 Å². The van der Waals surface area contributed by atoms with Gasteiger partial charge in [-0.15, -0.1) is 0 Å². The molecule has 0 fully saturated rings. The summed E-state index contributed by atoms with van der Waals surface area (Å²) in [7, 11) is 0. The Bertz CT molecular complexity index is 704. The van der Waals surface area contributed by atoms with Crippen LogP contribution in [0.4, 0.5) is 20.6 Å². The number of nitro groups is 1. The predicted octanol–water partition coefficient (Wildman–Crippen LogP) is 2.76. The number of phenols is 1. The normalized spacial score (nSPS) is 10.0. The van der Waals surface area contributed by atoms with E-state index in [4.69, 9.17) is 5.11 Å². The molecule has 0 aliphatic rings. The van der Waals surface area contributed by atoms with E-state index < -0.39 is 22.5 Å². The van der Waals surface area contributed by atoms with Gasteiger partial charge in [-0.25, -0.2) is 9.18 Å². The smallest absolute Gasteiger partial charge is 0.319 e. The number of benzene rings is 2. The average molecular weight is 305 g/mol. The lowest BCUT2D eigenvalue weighted by Crippen LogP contribution is -2.28. The van der Waals surface area contributed by atoms with E-state index >= 15 is 0 Å². The lowest BCUT2D eigenvalue weighted by molar-refractivity contribution is -0.384. The first-order valence-corrected chi connectivity index (χ1v) is 6.22. The highest BCUT2D eigenvalue weighted by molar-refractivity contribution is 5.89. The molecule has 0 bridgehead atoms. The van der Waals surface area contributed by atoms with E-state index in [2.05, 4.69) is 10.6 Å². The first-order valence-electron chi connectivity index (χ1n) is 6.22. The quantitative estimate of drug-likeness (QED) is 0.596. The Morgan fingerprint density at radius 3 is 2.50 bits per heavy atom. The van der Waals surface area contributed by atoms with Crippen molar-refractivity contribution < 1.29 is 19.2 Å². The number of hydrogen-bond acceptors (Lipinski definition) is 4. The third kappa shape index (κ3) is 3.92. The summed E-state index contributed by atoms with van der Waals surface area (Å²) in [5.74, 6) is -1.23. The maximum atomic E-state index is 13.1. The predicted molar refractivity (Wildman–Crippen MR) is 77.0 cm³/mol. The molecule has 0 unspecified atom stereocenters. The van der Waals surface area contributed by atoms with Crippen LogP contribution in [-0.4, -0.2) is 16.1 Å². The van der Waals surface area contributed by atoms with Crippen molar-refractivity contribution in [3.63, 3.8) is 0 Å². The number of halogens is 1. The average Bonchev–Trinajstić information content (AvgIpc) is 2.49. The van der Waals surface area contributed by atoms with E-state index in [9.17, 15) is 19.3 Å². The van der Waals surface area contributed by atoms with E-state index in [0.29, 0.717) is 11.3 Å². The molecule has 2 rings (SSSR count). The molecule has 22 heavy (non-hydrogen) atoms. The van der Waals surface area contributed by atoms with Crippen LogP contribution >= 0.6 is 0 Å². The molecule has 8 heteroatoms. The van der Waals surface area contributed by atoms with Crippen molar-refractivity contribution in [2.75, 3.05) is 5.32 Å². The number of hydrogen-bond donors (Lipinski definition) is 3. The van der Waals surface area contributed by atoms with Crippen molar-refractivity contribution in [1.82, 2.24) is 5.32 Å². The summed E-state index contributed by atoms with van der Waals surface area (Å²) in [4.78, 5) is 21.6. The van der Waals surface area contributed by atoms with Crippen molar-refractivity contribution in [2.24, 2.45) is 0 Å². The van der Waals surface area contributed by atoms with Crippen molar-refractivity contribution in [1.29, 1.82) is 0 Å². The molecule has 114 valence electrons. The van der Waals surface area contributed by atoms with E-state index in [1.54, 1.807) is 0 Å². The number of anilines is 1. The third-order valence-electron chi connectivity index (χ3n) is 2.80. The standard InChI is InChI=1S/C14H12FN3O4/c15-12-7-9(1-6-13(12)19)8-16-14(20)17-10-2-4-11(5-3-10)18(21)22/h1-7,19H,8H2,(H2,16,17,20). The molecule has 0 aliphatic heterocycles. The Hall–Kier alpha value is -3.16. The Morgan fingerprint density at radius 1 is 1.23 bits per heavy atom. The molecule has 2 aromatic carbocycles. The Labute approximate surface area is 124 Å². The van der Waals surface area contributed by atoms with Crippen LogP contribution < -0.4 is 10.6 Å². The van der Waals surface area contributed by atoms with Gasteiger partial charge < -0.3 is 15.7 Å². The molecule has 2 aromatic rings. The summed E-state index contributed by atoms with van der Waals surface area (Å²) in [6.07, 6.45) is 0. The molecule has 3 N–H and O–H groups in total. The Balaban J connectivity index is 1.89. The van der Waals surface area contributed by atoms with Gasteiger partial charge in [0.15, 0.2) is 11.6 Å². The highest BCUT2D eigenvalue weighted by Gasteiger charge is 2.07. The van der Waals surface area contributed by atoms with Crippen molar-refractivity contribution in [3.05, 3.63) is 64.0 Å². The Morgan fingerprint density at radius 2 is 1.91 bits per heavy atom. The number of non-ortho nitro benzene ring substituents is 1. The van der Waals surface area contributed by atoms with Crippen LogP contribution in [0.25, 0.3) is 0 Å². The SMILES string of the molecule is O=C(NCc1ccc(O)c(F)c1)Nc1ccc([N+](=O)[O-])cc1. The fourth-order valence-corrected chi connectivity index (χ4v) is 1.68. The van der Waals surface area contributed by atoms with Gasteiger partial charge in [-0.2, -0.15) is 0 Å². The monoisotopic (exact) mass is 305 g/mol. The number of nitrogens with one attached hydrogen (secondary N) is 2. The number of urea groups is 1. The second-order valence-corrected chi connectivity index (χ2v) is 4.40. The summed E-state index contributed by atoms with van der Waals surface area (Å²) in [5, 5.41) is 24.5. The van der Waals surface area contributed by atoms with E-state index in [1.807, 2.05) is 0 Å². The molecule has 7 nitrogen and oxygen atoms in total. The number of rotatable bonds is 4. The number of carbonyl (C=O) groups excluding carboxylic acids is 1. The molecular formula is C14H12FN3O4. The highest BCUT2D eigenvalue weighted by Crippen LogP contribution is 2.17. The molecule has 0 spiro atoms. The summed E-state index contributed by atoms with van der Waals surface area (Å²) >= 11 is 0. The van der Waals surface area contributed by atoms with Gasteiger partial charge in [-0.3, -0.25) is 10.1 Å². The molecule has 2 amide bonds. The number of phenolic OH excluding ortho intramolecular Hbond substituents is 1. The van der Waals surface area contributed by atoms with Crippen LogP contribution in [-0.2, 0) is 6.54 Å². The zero-order valence-corrected chi connectivity index (χ0v) is 11.2. The van der Waals surface area contributed by atoms with Crippen LogP contribution in [0.15, 0.2) is 42.5 Å². The van der Waals surface area contributed by atoms with E-state index in [-0.39, 0.29) is 12.2 Å². The minimum absolute atomic E-state index is 0.0655. The fourth-order valence-electron chi connectivity index (χ4n) is 1.68. The van der Waals surface area contributed by atoms with Gasteiger partial charge in [0.2, 0.25) is 0 Å². The molecule has 0 heterocycles. The van der Waals surface area contributed by atoms with Crippen molar-refractivity contribution in [2.45, 2.75) is 6.54 Å². The van der Waals surface area contributed by atoms with E-state index in [1.165, 1.54) is 36.4 Å². The maximum Gasteiger partial charge on any atom is 0.319 e. The minimum atomic E-state index is -0.768. The molecule has 0 aliphatic carbocycles. The largest absolute Gasteiger partial charge is 0.505 e. The van der Waals surface area contributed by atoms with Gasteiger partial charge in [0.25, 0.3) is 5.69 Å². The number of carbonyl (C=O) groups is 1. The number of nitro benzene ring substituents is 1.